The lowest BCUT2D eigenvalue weighted by Crippen LogP contribution is -2.13. The minimum absolute atomic E-state index is 0.909. The topological polar surface area (TPSA) is 21.3 Å². The normalized spacial score (nSPS) is 10.6. The second-order valence-corrected chi connectivity index (χ2v) is 5.05. The summed E-state index contributed by atoms with van der Waals surface area (Å²) >= 11 is 0. The Morgan fingerprint density at radius 1 is 1.05 bits per heavy atom. The van der Waals surface area contributed by atoms with Crippen molar-refractivity contribution in [1.82, 2.24) is 5.32 Å². The highest BCUT2D eigenvalue weighted by Crippen LogP contribution is 2.27. The maximum atomic E-state index is 5.25. The van der Waals surface area contributed by atoms with Gasteiger partial charge in [-0.15, -0.1) is 0 Å². The van der Waals surface area contributed by atoms with Crippen LogP contribution in [0.5, 0.6) is 5.75 Å². The number of methoxy groups -OCH3 is 1. The van der Waals surface area contributed by atoms with Crippen LogP contribution in [0.3, 0.4) is 0 Å². The van der Waals surface area contributed by atoms with Crippen molar-refractivity contribution >= 4 is 0 Å². The van der Waals surface area contributed by atoms with Gasteiger partial charge in [-0.05, 0) is 54.3 Å². The van der Waals surface area contributed by atoms with Gasteiger partial charge in [-0.2, -0.15) is 0 Å². The molecule has 0 saturated carbocycles. The van der Waals surface area contributed by atoms with Crippen molar-refractivity contribution in [3.05, 3.63) is 53.6 Å². The zero-order chi connectivity index (χ0) is 14.4. The minimum Gasteiger partial charge on any atom is -0.497 e. The van der Waals surface area contributed by atoms with E-state index in [0.717, 1.165) is 18.8 Å². The number of benzene rings is 2. The summed E-state index contributed by atoms with van der Waals surface area (Å²) in [6.07, 6.45) is 1.17. The summed E-state index contributed by atoms with van der Waals surface area (Å²) in [5, 5.41) is 3.42. The van der Waals surface area contributed by atoms with Gasteiger partial charge < -0.3 is 10.1 Å². The average Bonchev–Trinajstić information content (AvgIpc) is 2.48. The Kier molecular flexibility index (Phi) is 5.19. The van der Waals surface area contributed by atoms with E-state index < -0.39 is 0 Å². The van der Waals surface area contributed by atoms with Gasteiger partial charge in [0.05, 0.1) is 7.11 Å². The molecule has 2 nitrogen and oxygen atoms in total. The van der Waals surface area contributed by atoms with E-state index in [2.05, 4.69) is 55.6 Å². The third-order valence-corrected chi connectivity index (χ3v) is 3.45. The number of ether oxygens (including phenoxy) is 1. The van der Waals surface area contributed by atoms with Crippen molar-refractivity contribution in [1.29, 1.82) is 0 Å². The Morgan fingerprint density at radius 2 is 1.80 bits per heavy atom. The van der Waals surface area contributed by atoms with Crippen LogP contribution in [0.1, 0.15) is 24.5 Å². The highest BCUT2D eigenvalue weighted by atomic mass is 16.5. The summed E-state index contributed by atoms with van der Waals surface area (Å²) in [7, 11) is 1.70. The molecule has 0 heterocycles. The fourth-order valence-electron chi connectivity index (χ4n) is 2.30. The lowest BCUT2D eigenvalue weighted by atomic mass is 9.99. The molecular weight excluding hydrogens is 246 g/mol. The summed E-state index contributed by atoms with van der Waals surface area (Å²) in [5.41, 5.74) is 5.08. The summed E-state index contributed by atoms with van der Waals surface area (Å²) in [4.78, 5) is 0. The van der Waals surface area contributed by atoms with Gasteiger partial charge in [-0.3, -0.25) is 0 Å². The molecule has 0 unspecified atom stereocenters. The van der Waals surface area contributed by atoms with Gasteiger partial charge in [0.15, 0.2) is 0 Å². The summed E-state index contributed by atoms with van der Waals surface area (Å²) < 4.78 is 5.25. The highest BCUT2D eigenvalue weighted by molar-refractivity contribution is 5.68. The van der Waals surface area contributed by atoms with Crippen LogP contribution in [-0.4, -0.2) is 13.7 Å². The molecule has 2 rings (SSSR count). The smallest absolute Gasteiger partial charge is 0.119 e. The zero-order valence-corrected chi connectivity index (χ0v) is 12.6. The van der Waals surface area contributed by atoms with Crippen molar-refractivity contribution in [2.24, 2.45) is 0 Å². The second-order valence-electron chi connectivity index (χ2n) is 5.05. The van der Waals surface area contributed by atoms with Gasteiger partial charge in [0.2, 0.25) is 0 Å². The first-order valence-corrected chi connectivity index (χ1v) is 7.19. The number of rotatable bonds is 6. The van der Waals surface area contributed by atoms with Gasteiger partial charge in [-0.1, -0.05) is 37.3 Å². The van der Waals surface area contributed by atoms with Gasteiger partial charge >= 0.3 is 0 Å². The second kappa shape index (κ2) is 7.11. The van der Waals surface area contributed by atoms with Crippen LogP contribution in [0.4, 0.5) is 0 Å². The Labute approximate surface area is 121 Å². The van der Waals surface area contributed by atoms with Crippen molar-refractivity contribution < 1.29 is 4.74 Å². The first-order chi connectivity index (χ1) is 9.74. The molecule has 0 bridgehead atoms. The monoisotopic (exact) mass is 269 g/mol. The van der Waals surface area contributed by atoms with Crippen molar-refractivity contribution in [2.75, 3.05) is 13.7 Å². The van der Waals surface area contributed by atoms with Crippen molar-refractivity contribution in [3.8, 4) is 16.9 Å². The molecule has 0 amide bonds. The first-order valence-electron chi connectivity index (χ1n) is 7.19. The zero-order valence-electron chi connectivity index (χ0n) is 12.6. The number of hydrogen-bond donors (Lipinski definition) is 1. The van der Waals surface area contributed by atoms with E-state index in [0.29, 0.717) is 0 Å². The third kappa shape index (κ3) is 3.61. The third-order valence-electron chi connectivity index (χ3n) is 3.45. The van der Waals surface area contributed by atoms with E-state index in [9.17, 15) is 0 Å². The molecule has 0 fully saturated rings. The van der Waals surface area contributed by atoms with E-state index in [1.165, 1.54) is 28.7 Å². The summed E-state index contributed by atoms with van der Waals surface area (Å²) in [5.74, 6) is 0.909. The fraction of sp³-hybridized carbons (Fsp3) is 0.333. The molecule has 2 aromatic rings. The first kappa shape index (κ1) is 14.6. The van der Waals surface area contributed by atoms with E-state index in [1.807, 2.05) is 6.07 Å². The molecule has 0 atom stereocenters. The molecule has 0 aliphatic heterocycles. The van der Waals surface area contributed by atoms with Gasteiger partial charge in [0.25, 0.3) is 0 Å². The molecule has 0 saturated heterocycles. The van der Waals surface area contributed by atoms with Gasteiger partial charge in [0, 0.05) is 6.54 Å². The van der Waals surface area contributed by atoms with Crippen molar-refractivity contribution in [2.45, 2.75) is 26.8 Å². The molecule has 0 aliphatic rings. The quantitative estimate of drug-likeness (QED) is 0.795. The van der Waals surface area contributed by atoms with E-state index in [4.69, 9.17) is 4.74 Å². The molecule has 0 aromatic heterocycles. The minimum atomic E-state index is 0.909. The average molecular weight is 269 g/mol. The summed E-state index contributed by atoms with van der Waals surface area (Å²) in [6, 6.07) is 15.0. The van der Waals surface area contributed by atoms with Crippen LogP contribution in [0, 0.1) is 6.92 Å². The van der Waals surface area contributed by atoms with Crippen LogP contribution >= 0.6 is 0 Å². The Morgan fingerprint density at radius 3 is 2.40 bits per heavy atom. The van der Waals surface area contributed by atoms with Crippen LogP contribution in [0.2, 0.25) is 0 Å². The van der Waals surface area contributed by atoms with Crippen LogP contribution < -0.4 is 10.1 Å². The molecule has 2 aromatic carbocycles. The Bertz CT molecular complexity index is 546. The highest BCUT2D eigenvalue weighted by Gasteiger charge is 2.03. The Balaban J connectivity index is 2.13. The van der Waals surface area contributed by atoms with Crippen LogP contribution in [0.15, 0.2) is 42.5 Å². The lowest BCUT2D eigenvalue weighted by Gasteiger charge is -2.09. The molecule has 0 radical (unpaired) electrons. The molecule has 0 aliphatic carbocycles. The molecule has 20 heavy (non-hydrogen) atoms. The molecule has 106 valence electrons. The van der Waals surface area contributed by atoms with Gasteiger partial charge in [-0.25, -0.2) is 0 Å². The van der Waals surface area contributed by atoms with Crippen molar-refractivity contribution in [3.63, 3.8) is 0 Å². The standard InChI is InChI=1S/C18H23NO/c1-4-11-19-13-15-5-7-16(8-6-15)18-10-9-17(20-3)12-14(18)2/h5-10,12,19H,4,11,13H2,1-3H3. The fourth-order valence-corrected chi connectivity index (χ4v) is 2.30. The maximum absolute atomic E-state index is 5.25. The van der Waals surface area contributed by atoms with Crippen LogP contribution in [-0.2, 0) is 6.54 Å². The molecular formula is C18H23NO. The van der Waals surface area contributed by atoms with E-state index in [-0.39, 0.29) is 0 Å². The Hall–Kier alpha value is -1.80. The van der Waals surface area contributed by atoms with Gasteiger partial charge in [0.1, 0.15) is 5.75 Å². The number of aryl methyl sites for hydroxylation is 1. The van der Waals surface area contributed by atoms with E-state index >= 15 is 0 Å². The molecule has 2 heteroatoms. The number of hydrogen-bond acceptors (Lipinski definition) is 2. The predicted molar refractivity (Wildman–Crippen MR) is 85.2 cm³/mol. The molecule has 1 N–H and O–H groups in total. The summed E-state index contributed by atoms with van der Waals surface area (Å²) in [6.45, 7) is 6.31. The predicted octanol–water partition coefficient (Wildman–Crippen LogP) is 4.17. The molecule has 0 spiro atoms. The number of nitrogens with one attached hydrogen (secondary N) is 1. The van der Waals surface area contributed by atoms with Crippen LogP contribution in [0.25, 0.3) is 11.1 Å². The largest absolute Gasteiger partial charge is 0.497 e. The maximum Gasteiger partial charge on any atom is 0.119 e. The SMILES string of the molecule is CCCNCc1ccc(-c2ccc(OC)cc2C)cc1. The van der Waals surface area contributed by atoms with E-state index in [1.54, 1.807) is 7.11 Å². The lowest BCUT2D eigenvalue weighted by molar-refractivity contribution is 0.414.